The van der Waals surface area contributed by atoms with Gasteiger partial charge in [-0.05, 0) is 50.3 Å². The van der Waals surface area contributed by atoms with Crippen LogP contribution < -0.4 is 21.3 Å². The number of anilines is 1. The van der Waals surface area contributed by atoms with E-state index in [1.807, 2.05) is 0 Å². The number of halogens is 1. The lowest BCUT2D eigenvalue weighted by molar-refractivity contribution is -0.116. The minimum Gasteiger partial charge on any atom is -0.495 e. The van der Waals surface area contributed by atoms with Crippen LogP contribution in [-0.4, -0.2) is 22.2 Å². The average Bonchev–Trinajstić information content (AvgIpc) is 3.22. The number of rotatable bonds is 5. The van der Waals surface area contributed by atoms with Crippen molar-refractivity contribution in [2.75, 3.05) is 12.4 Å². The van der Waals surface area contributed by atoms with Crippen molar-refractivity contribution < 1.29 is 9.53 Å². The van der Waals surface area contributed by atoms with Crippen molar-refractivity contribution in [3.8, 4) is 5.75 Å². The number of hydrogen-bond acceptors (Lipinski definition) is 4. The molecular weight excluding hydrogens is 406 g/mol. The molecule has 7 nitrogen and oxygen atoms in total. The molecule has 0 bridgehead atoms. The lowest BCUT2D eigenvalue weighted by Crippen LogP contribution is -2.46. The Kier molecular flexibility index (Phi) is 5.99. The molecule has 1 fully saturated rings. The van der Waals surface area contributed by atoms with E-state index in [-0.39, 0.29) is 29.7 Å². The molecule has 2 aromatic rings. The third kappa shape index (κ3) is 3.90. The van der Waals surface area contributed by atoms with Crippen molar-refractivity contribution >= 4 is 23.2 Å². The minimum absolute atomic E-state index is 0.0700. The van der Waals surface area contributed by atoms with E-state index in [1.165, 1.54) is 16.2 Å². The van der Waals surface area contributed by atoms with Gasteiger partial charge in [-0.15, -0.1) is 0 Å². The van der Waals surface area contributed by atoms with E-state index in [4.69, 9.17) is 16.3 Å². The van der Waals surface area contributed by atoms with Gasteiger partial charge in [0, 0.05) is 23.0 Å². The molecule has 1 saturated carbocycles. The first-order valence-corrected chi connectivity index (χ1v) is 10.9. The zero-order valence-corrected chi connectivity index (χ0v) is 17.8. The van der Waals surface area contributed by atoms with Crippen molar-refractivity contribution in [1.82, 2.24) is 9.13 Å². The number of aromatic nitrogens is 2. The Morgan fingerprint density at radius 3 is 2.63 bits per heavy atom. The molecule has 1 aromatic carbocycles. The van der Waals surface area contributed by atoms with Crippen LogP contribution in [0.4, 0.5) is 5.69 Å². The number of ether oxygens (including phenoxy) is 1. The number of hydrogen-bond donors (Lipinski definition) is 1. The van der Waals surface area contributed by atoms with Gasteiger partial charge in [0.1, 0.15) is 12.3 Å². The summed E-state index contributed by atoms with van der Waals surface area (Å²) in [5.74, 6) is 0.185. The maximum Gasteiger partial charge on any atom is 0.331 e. The topological polar surface area (TPSA) is 82.3 Å². The molecule has 2 aliphatic rings. The fourth-order valence-corrected chi connectivity index (χ4v) is 4.90. The highest BCUT2D eigenvalue weighted by Gasteiger charge is 2.28. The van der Waals surface area contributed by atoms with Crippen molar-refractivity contribution in [2.45, 2.75) is 64.0 Å². The summed E-state index contributed by atoms with van der Waals surface area (Å²) < 4.78 is 8.04. The summed E-state index contributed by atoms with van der Waals surface area (Å²) in [4.78, 5) is 39.1. The van der Waals surface area contributed by atoms with Crippen LogP contribution in [-0.2, 0) is 24.2 Å². The first-order valence-electron chi connectivity index (χ1n) is 10.5. The molecule has 1 N–H and O–H groups in total. The van der Waals surface area contributed by atoms with Crippen molar-refractivity contribution in [1.29, 1.82) is 0 Å². The second-order valence-electron chi connectivity index (χ2n) is 8.01. The van der Waals surface area contributed by atoms with E-state index in [2.05, 4.69) is 5.32 Å². The molecule has 30 heavy (non-hydrogen) atoms. The molecular formula is C22H26ClN3O4. The molecule has 8 heteroatoms. The number of nitrogens with zero attached hydrogens (tertiary/aromatic N) is 2. The number of nitrogens with one attached hydrogen (secondary N) is 1. The highest BCUT2D eigenvalue weighted by Crippen LogP contribution is 2.28. The van der Waals surface area contributed by atoms with Gasteiger partial charge >= 0.3 is 5.69 Å². The maximum atomic E-state index is 13.3. The monoisotopic (exact) mass is 431 g/mol. The zero-order valence-electron chi connectivity index (χ0n) is 17.1. The van der Waals surface area contributed by atoms with Crippen LogP contribution in [0.2, 0.25) is 5.02 Å². The number of amides is 1. The molecule has 1 heterocycles. The number of carbonyl (C=O) groups is 1. The van der Waals surface area contributed by atoms with Gasteiger partial charge < -0.3 is 10.1 Å². The van der Waals surface area contributed by atoms with Crippen molar-refractivity contribution in [2.24, 2.45) is 0 Å². The molecule has 1 amide bonds. The maximum absolute atomic E-state index is 13.3. The summed E-state index contributed by atoms with van der Waals surface area (Å²) >= 11 is 6.13. The third-order valence-electron chi connectivity index (χ3n) is 6.11. The second-order valence-corrected chi connectivity index (χ2v) is 8.42. The third-order valence-corrected chi connectivity index (χ3v) is 6.40. The number of carbonyl (C=O) groups excluding carboxylic acids is 1. The molecule has 0 saturated heterocycles. The summed E-state index contributed by atoms with van der Waals surface area (Å²) in [6.07, 6.45) is 6.99. The Morgan fingerprint density at radius 1 is 1.17 bits per heavy atom. The van der Waals surface area contributed by atoms with Gasteiger partial charge in [-0.3, -0.25) is 18.7 Å². The molecule has 0 spiro atoms. The van der Waals surface area contributed by atoms with E-state index in [0.717, 1.165) is 38.5 Å². The van der Waals surface area contributed by atoms with E-state index < -0.39 is 0 Å². The molecule has 0 radical (unpaired) electrons. The first-order chi connectivity index (χ1) is 14.5. The van der Waals surface area contributed by atoms with E-state index in [0.29, 0.717) is 40.6 Å². The van der Waals surface area contributed by atoms with Gasteiger partial charge in [0.05, 0.1) is 12.1 Å². The quantitative estimate of drug-likeness (QED) is 0.787. The Balaban J connectivity index is 1.64. The highest BCUT2D eigenvalue weighted by molar-refractivity contribution is 6.32. The number of benzene rings is 1. The summed E-state index contributed by atoms with van der Waals surface area (Å²) in [5, 5.41) is 3.18. The van der Waals surface area contributed by atoms with Crippen molar-refractivity contribution in [3.63, 3.8) is 0 Å². The van der Waals surface area contributed by atoms with E-state index in [9.17, 15) is 14.4 Å². The van der Waals surface area contributed by atoms with E-state index in [1.54, 1.807) is 18.2 Å². The summed E-state index contributed by atoms with van der Waals surface area (Å²) in [6, 6.07) is 4.90. The number of fused-ring (bicyclic) bond motifs is 1. The van der Waals surface area contributed by atoms with Gasteiger partial charge in [0.15, 0.2) is 0 Å². The molecule has 1 aromatic heterocycles. The Hall–Kier alpha value is -2.54. The molecule has 2 aliphatic carbocycles. The van der Waals surface area contributed by atoms with Crippen LogP contribution in [0.3, 0.4) is 0 Å². The van der Waals surface area contributed by atoms with Gasteiger partial charge in [0.25, 0.3) is 5.56 Å². The summed E-state index contributed by atoms with van der Waals surface area (Å²) in [5.41, 5.74) is 1.41. The fraction of sp³-hybridized carbons (Fsp3) is 0.500. The van der Waals surface area contributed by atoms with Gasteiger partial charge in [-0.1, -0.05) is 30.9 Å². The largest absolute Gasteiger partial charge is 0.495 e. The summed E-state index contributed by atoms with van der Waals surface area (Å²) in [6.45, 7) is -0.127. The standard InChI is InChI=1S/C22H26ClN3O4/c1-30-19-11-10-14(12-17(19)23)24-20(27)13-25-18-9-5-8-16(18)21(28)26(22(25)29)15-6-3-2-4-7-15/h10-12,15H,2-9,13H2,1H3,(H,24,27). The second kappa shape index (κ2) is 8.68. The smallest absolute Gasteiger partial charge is 0.331 e. The SMILES string of the molecule is COc1ccc(NC(=O)Cn2c3c(c(=O)n(C4CCCCC4)c2=O)CCC3)cc1Cl. The Morgan fingerprint density at radius 2 is 1.93 bits per heavy atom. The van der Waals surface area contributed by atoms with E-state index >= 15 is 0 Å². The molecule has 0 aliphatic heterocycles. The Labute approximate surface area is 179 Å². The normalized spacial score (nSPS) is 16.3. The highest BCUT2D eigenvalue weighted by atomic mass is 35.5. The molecule has 0 atom stereocenters. The molecule has 160 valence electrons. The van der Waals surface area contributed by atoms with Gasteiger partial charge in [-0.2, -0.15) is 0 Å². The van der Waals surface area contributed by atoms with Crippen LogP contribution in [0.25, 0.3) is 0 Å². The van der Waals surface area contributed by atoms with Gasteiger partial charge in [-0.25, -0.2) is 4.79 Å². The molecule has 4 rings (SSSR count). The molecule has 0 unspecified atom stereocenters. The van der Waals surface area contributed by atoms with Crippen LogP contribution in [0.5, 0.6) is 5.75 Å². The van der Waals surface area contributed by atoms with Crippen LogP contribution >= 0.6 is 11.6 Å². The number of methoxy groups -OCH3 is 1. The lowest BCUT2D eigenvalue weighted by Gasteiger charge is -2.25. The predicted molar refractivity (Wildman–Crippen MR) is 116 cm³/mol. The first kappa shape index (κ1) is 20.7. The average molecular weight is 432 g/mol. The van der Waals surface area contributed by atoms with Crippen molar-refractivity contribution in [3.05, 3.63) is 55.3 Å². The van der Waals surface area contributed by atoms with Crippen LogP contribution in [0.15, 0.2) is 27.8 Å². The Bertz CT molecular complexity index is 1080. The minimum atomic E-state index is -0.365. The summed E-state index contributed by atoms with van der Waals surface area (Å²) in [7, 11) is 1.52. The van der Waals surface area contributed by atoms with Crippen LogP contribution in [0, 0.1) is 0 Å². The zero-order chi connectivity index (χ0) is 21.3. The van der Waals surface area contributed by atoms with Gasteiger partial charge in [0.2, 0.25) is 5.91 Å². The fourth-order valence-electron chi connectivity index (χ4n) is 4.65. The lowest BCUT2D eigenvalue weighted by atomic mass is 9.95. The predicted octanol–water partition coefficient (Wildman–Crippen LogP) is 3.30. The van der Waals surface area contributed by atoms with Crippen LogP contribution in [0.1, 0.15) is 55.8 Å².